The largest absolute Gasteiger partial charge is 0.324 e. The quantitative estimate of drug-likeness (QED) is 0.737. The highest BCUT2D eigenvalue weighted by Gasteiger charge is 2.34. The summed E-state index contributed by atoms with van der Waals surface area (Å²) in [5.41, 5.74) is 7.85. The highest BCUT2D eigenvalue weighted by molar-refractivity contribution is 6.31. The number of hydrazine groups is 1. The number of hydrogen-bond donors (Lipinski definition) is 2. The topological polar surface area (TPSA) is 82.5 Å². The number of aromatic nitrogens is 2. The van der Waals surface area contributed by atoms with E-state index in [-0.39, 0.29) is 24.0 Å². The number of likely N-dealkylation sites (tertiary alicyclic amines) is 1. The molecular formula is C20H25ClN6O2. The molecule has 1 fully saturated rings. The molecule has 4 rings (SSSR count). The summed E-state index contributed by atoms with van der Waals surface area (Å²) < 4.78 is 1.85. The lowest BCUT2D eigenvalue weighted by atomic mass is 10.1. The van der Waals surface area contributed by atoms with Gasteiger partial charge in [0.15, 0.2) is 5.69 Å². The van der Waals surface area contributed by atoms with Crippen LogP contribution in [0.15, 0.2) is 24.5 Å². The van der Waals surface area contributed by atoms with E-state index in [4.69, 9.17) is 11.6 Å². The first kappa shape index (κ1) is 19.7. The number of amides is 3. The summed E-state index contributed by atoms with van der Waals surface area (Å²) in [5, 5.41) is 0.555. The summed E-state index contributed by atoms with van der Waals surface area (Å²) in [5.74, 6) is -0.334. The van der Waals surface area contributed by atoms with Crippen molar-refractivity contribution >= 4 is 29.2 Å². The molecule has 2 aliphatic heterocycles. The molecule has 0 bridgehead atoms. The first-order valence-electron chi connectivity index (χ1n) is 9.75. The number of nitrogens with zero attached hydrogens (tertiary/aromatic N) is 4. The normalized spacial score (nSPS) is 15.9. The Balaban J connectivity index is 1.71. The van der Waals surface area contributed by atoms with Crippen molar-refractivity contribution in [3.8, 4) is 5.69 Å². The van der Waals surface area contributed by atoms with Crippen LogP contribution in [-0.2, 0) is 6.54 Å². The Morgan fingerprint density at radius 1 is 1.14 bits per heavy atom. The Labute approximate surface area is 174 Å². The Hall–Kier alpha value is -2.58. The van der Waals surface area contributed by atoms with Gasteiger partial charge in [-0.3, -0.25) is 19.7 Å². The van der Waals surface area contributed by atoms with E-state index in [9.17, 15) is 9.59 Å². The van der Waals surface area contributed by atoms with Crippen LogP contribution in [0.4, 0.5) is 10.5 Å². The molecule has 0 radical (unpaired) electrons. The summed E-state index contributed by atoms with van der Waals surface area (Å²) in [6, 6.07) is 5.34. The van der Waals surface area contributed by atoms with Crippen molar-refractivity contribution in [1.82, 2.24) is 25.3 Å². The fourth-order valence-electron chi connectivity index (χ4n) is 3.63. The minimum absolute atomic E-state index is 0.0716. The predicted molar refractivity (Wildman–Crippen MR) is 111 cm³/mol. The zero-order valence-electron chi connectivity index (χ0n) is 16.8. The van der Waals surface area contributed by atoms with Crippen molar-refractivity contribution in [1.29, 1.82) is 0 Å². The van der Waals surface area contributed by atoms with Crippen LogP contribution in [0.5, 0.6) is 0 Å². The standard InChI is InChI=1S/C20H25ClN6O2/c1-20(2,3)24-23-18(28)17-16-11-26(19(29)25-8-4-5-9-25)15-10-13(21)6-7-14(15)27(16)12-22-17/h6-7,10,12,24H,4-5,8-9,11H2,1-3H3,(H,23,28). The first-order chi connectivity index (χ1) is 13.7. The maximum absolute atomic E-state index is 13.2. The molecule has 0 aliphatic carbocycles. The number of halogens is 1. The SMILES string of the molecule is CC(C)(C)NNC(=O)c1ncn2c1CN(C(=O)N1CCCC1)c1cc(Cl)ccc1-2. The zero-order valence-corrected chi connectivity index (χ0v) is 17.6. The average molecular weight is 417 g/mol. The van der Waals surface area contributed by atoms with Crippen LogP contribution in [0.1, 0.15) is 49.8 Å². The molecule has 0 spiro atoms. The lowest BCUT2D eigenvalue weighted by Crippen LogP contribution is -2.49. The average Bonchev–Trinajstić information content (AvgIpc) is 3.34. The highest BCUT2D eigenvalue weighted by atomic mass is 35.5. The summed E-state index contributed by atoms with van der Waals surface area (Å²) in [6.45, 7) is 7.59. The Morgan fingerprint density at radius 3 is 2.55 bits per heavy atom. The van der Waals surface area contributed by atoms with Gasteiger partial charge in [-0.25, -0.2) is 15.2 Å². The van der Waals surface area contributed by atoms with E-state index in [1.54, 1.807) is 23.4 Å². The third kappa shape index (κ3) is 3.82. The van der Waals surface area contributed by atoms with Crippen LogP contribution < -0.4 is 15.8 Å². The van der Waals surface area contributed by atoms with E-state index in [0.717, 1.165) is 37.3 Å². The summed E-state index contributed by atoms with van der Waals surface area (Å²) >= 11 is 6.22. The number of nitrogens with one attached hydrogen (secondary N) is 2. The number of fused-ring (bicyclic) bond motifs is 3. The molecule has 0 unspecified atom stereocenters. The molecule has 0 saturated carbocycles. The molecule has 8 nitrogen and oxygen atoms in total. The van der Waals surface area contributed by atoms with Crippen LogP contribution in [-0.4, -0.2) is 45.0 Å². The second kappa shape index (κ2) is 7.35. The van der Waals surface area contributed by atoms with E-state index in [1.807, 2.05) is 36.3 Å². The number of imidazole rings is 1. The molecule has 1 saturated heterocycles. The predicted octanol–water partition coefficient (Wildman–Crippen LogP) is 3.09. The van der Waals surface area contributed by atoms with E-state index >= 15 is 0 Å². The van der Waals surface area contributed by atoms with Gasteiger partial charge in [-0.05, 0) is 51.8 Å². The number of carbonyl (C=O) groups is 2. The monoisotopic (exact) mass is 416 g/mol. The third-order valence-corrected chi connectivity index (χ3v) is 5.27. The summed E-state index contributed by atoms with van der Waals surface area (Å²) in [4.78, 5) is 33.8. The minimum Gasteiger partial charge on any atom is -0.324 e. The van der Waals surface area contributed by atoms with Crippen molar-refractivity contribution in [2.75, 3.05) is 18.0 Å². The molecule has 29 heavy (non-hydrogen) atoms. The van der Waals surface area contributed by atoms with E-state index in [2.05, 4.69) is 15.8 Å². The van der Waals surface area contributed by atoms with Gasteiger partial charge in [-0.1, -0.05) is 11.6 Å². The van der Waals surface area contributed by atoms with Crippen LogP contribution >= 0.6 is 11.6 Å². The number of hydrogen-bond acceptors (Lipinski definition) is 4. The fraction of sp³-hybridized carbons (Fsp3) is 0.450. The number of carbonyl (C=O) groups excluding carboxylic acids is 2. The van der Waals surface area contributed by atoms with Crippen molar-refractivity contribution in [2.24, 2.45) is 0 Å². The van der Waals surface area contributed by atoms with E-state index in [0.29, 0.717) is 16.4 Å². The maximum Gasteiger partial charge on any atom is 0.324 e. The van der Waals surface area contributed by atoms with Gasteiger partial charge < -0.3 is 4.90 Å². The summed E-state index contributed by atoms with van der Waals surface area (Å²) in [7, 11) is 0. The molecule has 154 valence electrons. The molecule has 0 atom stereocenters. The highest BCUT2D eigenvalue weighted by Crippen LogP contribution is 2.36. The van der Waals surface area contributed by atoms with E-state index < -0.39 is 0 Å². The first-order valence-corrected chi connectivity index (χ1v) is 10.1. The third-order valence-electron chi connectivity index (χ3n) is 5.04. The molecule has 9 heteroatoms. The Morgan fingerprint density at radius 2 is 1.86 bits per heavy atom. The molecule has 2 N–H and O–H groups in total. The molecule has 1 aromatic carbocycles. The van der Waals surface area contributed by atoms with Crippen LogP contribution in [0.3, 0.4) is 0 Å². The van der Waals surface area contributed by atoms with E-state index in [1.165, 1.54) is 0 Å². The molecule has 3 amide bonds. The maximum atomic E-state index is 13.2. The van der Waals surface area contributed by atoms with Gasteiger partial charge in [0.05, 0.1) is 23.6 Å². The second-order valence-electron chi connectivity index (χ2n) is 8.43. The van der Waals surface area contributed by atoms with Gasteiger partial charge in [0, 0.05) is 23.7 Å². The van der Waals surface area contributed by atoms with Gasteiger partial charge in [-0.2, -0.15) is 0 Å². The van der Waals surface area contributed by atoms with Crippen molar-refractivity contribution in [3.63, 3.8) is 0 Å². The van der Waals surface area contributed by atoms with Gasteiger partial charge in [0.2, 0.25) is 0 Å². The van der Waals surface area contributed by atoms with Crippen molar-refractivity contribution in [3.05, 3.63) is 40.9 Å². The van der Waals surface area contributed by atoms with Crippen LogP contribution in [0.25, 0.3) is 5.69 Å². The van der Waals surface area contributed by atoms with Crippen LogP contribution in [0.2, 0.25) is 5.02 Å². The second-order valence-corrected chi connectivity index (χ2v) is 8.87. The lowest BCUT2D eigenvalue weighted by Gasteiger charge is -2.33. The minimum atomic E-state index is -0.334. The molecule has 3 heterocycles. The smallest absolute Gasteiger partial charge is 0.324 e. The van der Waals surface area contributed by atoms with Gasteiger partial charge in [0.25, 0.3) is 5.91 Å². The molecule has 2 aromatic rings. The molecule has 2 aliphatic rings. The molecular weight excluding hydrogens is 392 g/mol. The Kier molecular flexibility index (Phi) is 5.00. The van der Waals surface area contributed by atoms with Gasteiger partial charge in [0.1, 0.15) is 6.33 Å². The van der Waals surface area contributed by atoms with Crippen molar-refractivity contribution in [2.45, 2.75) is 45.7 Å². The zero-order chi connectivity index (χ0) is 20.8. The number of anilines is 1. The van der Waals surface area contributed by atoms with Crippen LogP contribution in [0, 0.1) is 0 Å². The van der Waals surface area contributed by atoms with Gasteiger partial charge >= 0.3 is 6.03 Å². The van der Waals surface area contributed by atoms with Gasteiger partial charge in [-0.15, -0.1) is 0 Å². The Bertz CT molecular complexity index is 958. The number of rotatable bonds is 2. The summed E-state index contributed by atoms with van der Waals surface area (Å²) in [6.07, 6.45) is 3.63. The lowest BCUT2D eigenvalue weighted by molar-refractivity contribution is 0.0908. The fourth-order valence-corrected chi connectivity index (χ4v) is 3.79. The molecule has 1 aromatic heterocycles. The number of urea groups is 1. The van der Waals surface area contributed by atoms with Crippen molar-refractivity contribution < 1.29 is 9.59 Å². The number of benzene rings is 1.